The Labute approximate surface area is 134 Å². The van der Waals surface area contributed by atoms with E-state index < -0.39 is 18.0 Å². The summed E-state index contributed by atoms with van der Waals surface area (Å²) in [5.74, 6) is -1.33. The van der Waals surface area contributed by atoms with Gasteiger partial charge in [0.2, 0.25) is 0 Å². The SMILES string of the molecule is CNC(=O)N[C@H](COC(=O)/C=C/C(=O)OC)Cc1ccccc1. The van der Waals surface area contributed by atoms with Crippen molar-refractivity contribution in [2.75, 3.05) is 20.8 Å². The molecule has 0 aliphatic heterocycles. The van der Waals surface area contributed by atoms with E-state index in [-0.39, 0.29) is 12.6 Å². The summed E-state index contributed by atoms with van der Waals surface area (Å²) in [7, 11) is 2.71. The summed E-state index contributed by atoms with van der Waals surface area (Å²) in [6, 6.07) is 8.73. The van der Waals surface area contributed by atoms with Gasteiger partial charge in [0.1, 0.15) is 6.61 Å². The van der Waals surface area contributed by atoms with Crippen LogP contribution in [-0.2, 0) is 25.5 Å². The van der Waals surface area contributed by atoms with Crippen LogP contribution in [0.25, 0.3) is 0 Å². The predicted octanol–water partition coefficient (Wildman–Crippen LogP) is 0.799. The quantitative estimate of drug-likeness (QED) is 0.572. The molecule has 0 heterocycles. The van der Waals surface area contributed by atoms with Crippen molar-refractivity contribution in [2.24, 2.45) is 0 Å². The van der Waals surface area contributed by atoms with Gasteiger partial charge < -0.3 is 20.1 Å². The molecule has 1 atom stereocenters. The summed E-state index contributed by atoms with van der Waals surface area (Å²) in [4.78, 5) is 33.9. The van der Waals surface area contributed by atoms with Crippen LogP contribution in [-0.4, -0.2) is 44.8 Å². The molecule has 7 nitrogen and oxygen atoms in total. The molecule has 0 aromatic heterocycles. The number of carbonyl (C=O) groups is 3. The van der Waals surface area contributed by atoms with Crippen molar-refractivity contribution < 1.29 is 23.9 Å². The Bertz CT molecular complexity index is 557. The van der Waals surface area contributed by atoms with E-state index in [4.69, 9.17) is 4.74 Å². The number of nitrogens with one attached hydrogen (secondary N) is 2. The first-order valence-corrected chi connectivity index (χ1v) is 7.00. The van der Waals surface area contributed by atoms with Crippen LogP contribution in [0.5, 0.6) is 0 Å². The third kappa shape index (κ3) is 7.66. The molecule has 0 fully saturated rings. The number of hydrogen-bond acceptors (Lipinski definition) is 5. The van der Waals surface area contributed by atoms with Crippen molar-refractivity contribution in [3.63, 3.8) is 0 Å². The molecule has 7 heteroatoms. The molecule has 0 saturated heterocycles. The monoisotopic (exact) mass is 320 g/mol. The maximum absolute atomic E-state index is 11.5. The zero-order chi connectivity index (χ0) is 17.1. The minimum Gasteiger partial charge on any atom is -0.466 e. The number of rotatable bonds is 7. The van der Waals surface area contributed by atoms with Crippen molar-refractivity contribution in [2.45, 2.75) is 12.5 Å². The Balaban J connectivity index is 2.58. The van der Waals surface area contributed by atoms with Gasteiger partial charge in [-0.1, -0.05) is 30.3 Å². The molecule has 2 N–H and O–H groups in total. The fraction of sp³-hybridized carbons (Fsp3) is 0.312. The van der Waals surface area contributed by atoms with Crippen LogP contribution in [0.2, 0.25) is 0 Å². The first-order chi connectivity index (χ1) is 11.0. The normalized spacial score (nSPS) is 11.6. The molecular formula is C16H20N2O5. The zero-order valence-corrected chi connectivity index (χ0v) is 13.1. The standard InChI is InChI=1S/C16H20N2O5/c1-17-16(21)18-13(10-12-6-4-3-5-7-12)11-23-15(20)9-8-14(19)22-2/h3-9,13H,10-11H2,1-2H3,(H2,17,18,21)/b9-8+/t13-/m0/s1. The molecule has 0 saturated carbocycles. The zero-order valence-electron chi connectivity index (χ0n) is 13.1. The van der Waals surface area contributed by atoms with Gasteiger partial charge in [0.05, 0.1) is 13.2 Å². The Morgan fingerprint density at radius 3 is 2.39 bits per heavy atom. The first-order valence-electron chi connectivity index (χ1n) is 7.00. The highest BCUT2D eigenvalue weighted by Gasteiger charge is 2.14. The number of amides is 2. The minimum atomic E-state index is -0.688. The lowest BCUT2D eigenvalue weighted by Crippen LogP contribution is -2.44. The third-order valence-electron chi connectivity index (χ3n) is 2.87. The average Bonchev–Trinajstić information content (AvgIpc) is 2.58. The number of hydrogen-bond donors (Lipinski definition) is 2. The maximum Gasteiger partial charge on any atom is 0.331 e. The van der Waals surface area contributed by atoms with Gasteiger partial charge in [0, 0.05) is 19.2 Å². The highest BCUT2D eigenvalue weighted by atomic mass is 16.5. The fourth-order valence-electron chi connectivity index (χ4n) is 1.74. The smallest absolute Gasteiger partial charge is 0.331 e. The van der Waals surface area contributed by atoms with Crippen LogP contribution >= 0.6 is 0 Å². The fourth-order valence-corrected chi connectivity index (χ4v) is 1.74. The molecule has 0 aliphatic rings. The Morgan fingerprint density at radius 2 is 1.78 bits per heavy atom. The van der Waals surface area contributed by atoms with Crippen LogP contribution in [0.1, 0.15) is 5.56 Å². The predicted molar refractivity (Wildman–Crippen MR) is 83.6 cm³/mol. The summed E-state index contributed by atoms with van der Waals surface area (Å²) < 4.78 is 9.41. The molecule has 0 bridgehead atoms. The van der Waals surface area contributed by atoms with Crippen LogP contribution < -0.4 is 10.6 Å². The summed E-state index contributed by atoms with van der Waals surface area (Å²) in [6.07, 6.45) is 2.45. The van der Waals surface area contributed by atoms with E-state index in [2.05, 4.69) is 15.4 Å². The van der Waals surface area contributed by atoms with Gasteiger partial charge in [0.25, 0.3) is 0 Å². The lowest BCUT2D eigenvalue weighted by Gasteiger charge is -2.18. The molecule has 1 aromatic rings. The van der Waals surface area contributed by atoms with E-state index in [0.717, 1.165) is 17.7 Å². The second-order valence-electron chi connectivity index (χ2n) is 4.60. The third-order valence-corrected chi connectivity index (χ3v) is 2.87. The number of benzene rings is 1. The van der Waals surface area contributed by atoms with Crippen molar-refractivity contribution in [1.29, 1.82) is 0 Å². The average molecular weight is 320 g/mol. The van der Waals surface area contributed by atoms with Crippen LogP contribution in [0.4, 0.5) is 4.79 Å². The van der Waals surface area contributed by atoms with Gasteiger partial charge in [-0.2, -0.15) is 0 Å². The Kier molecular flexibility index (Phi) is 7.91. The van der Waals surface area contributed by atoms with Crippen molar-refractivity contribution >= 4 is 18.0 Å². The van der Waals surface area contributed by atoms with E-state index in [1.165, 1.54) is 14.2 Å². The van der Waals surface area contributed by atoms with Gasteiger partial charge in [-0.15, -0.1) is 0 Å². The van der Waals surface area contributed by atoms with Gasteiger partial charge in [-0.05, 0) is 12.0 Å². The van der Waals surface area contributed by atoms with Crippen LogP contribution in [0, 0.1) is 0 Å². The first kappa shape index (κ1) is 18.2. The number of methoxy groups -OCH3 is 1. The summed E-state index contributed by atoms with van der Waals surface area (Å²) >= 11 is 0. The van der Waals surface area contributed by atoms with E-state index in [0.29, 0.717) is 6.42 Å². The van der Waals surface area contributed by atoms with Gasteiger partial charge in [-0.3, -0.25) is 0 Å². The lowest BCUT2D eigenvalue weighted by atomic mass is 10.1. The molecule has 0 spiro atoms. The van der Waals surface area contributed by atoms with E-state index in [9.17, 15) is 14.4 Å². The van der Waals surface area contributed by atoms with Gasteiger partial charge in [-0.25, -0.2) is 14.4 Å². The largest absolute Gasteiger partial charge is 0.466 e. The molecule has 2 amide bonds. The summed E-state index contributed by atoms with van der Waals surface area (Å²) in [6.45, 7) is -0.0212. The molecular weight excluding hydrogens is 300 g/mol. The molecule has 1 rings (SSSR count). The van der Waals surface area contributed by atoms with Gasteiger partial charge >= 0.3 is 18.0 Å². The summed E-state index contributed by atoms with van der Waals surface area (Å²) in [5.41, 5.74) is 0.995. The second kappa shape index (κ2) is 9.99. The molecule has 0 unspecified atom stereocenters. The number of urea groups is 1. The molecule has 0 aliphatic carbocycles. The Hall–Kier alpha value is -2.83. The van der Waals surface area contributed by atoms with Crippen LogP contribution in [0.15, 0.2) is 42.5 Å². The van der Waals surface area contributed by atoms with E-state index >= 15 is 0 Å². The number of carbonyl (C=O) groups excluding carboxylic acids is 3. The maximum atomic E-state index is 11.5. The minimum absolute atomic E-state index is 0.0212. The highest BCUT2D eigenvalue weighted by Crippen LogP contribution is 2.04. The molecule has 1 aromatic carbocycles. The second-order valence-corrected chi connectivity index (χ2v) is 4.60. The van der Waals surface area contributed by atoms with Gasteiger partial charge in [0.15, 0.2) is 0 Å². The van der Waals surface area contributed by atoms with Crippen molar-refractivity contribution in [3.8, 4) is 0 Å². The summed E-state index contributed by atoms with van der Waals surface area (Å²) in [5, 5.41) is 5.15. The number of ether oxygens (including phenoxy) is 2. The molecule has 0 radical (unpaired) electrons. The highest BCUT2D eigenvalue weighted by molar-refractivity contribution is 5.91. The molecule has 23 heavy (non-hydrogen) atoms. The van der Waals surface area contributed by atoms with Crippen molar-refractivity contribution in [1.82, 2.24) is 10.6 Å². The van der Waals surface area contributed by atoms with Crippen molar-refractivity contribution in [3.05, 3.63) is 48.0 Å². The van der Waals surface area contributed by atoms with Crippen LogP contribution in [0.3, 0.4) is 0 Å². The topological polar surface area (TPSA) is 93.7 Å². The van der Waals surface area contributed by atoms with E-state index in [1.54, 1.807) is 0 Å². The number of esters is 2. The Morgan fingerprint density at radius 1 is 1.13 bits per heavy atom. The lowest BCUT2D eigenvalue weighted by molar-refractivity contribution is -0.139. The molecule has 124 valence electrons. The van der Waals surface area contributed by atoms with E-state index in [1.807, 2.05) is 30.3 Å².